The minimum absolute atomic E-state index is 0.0620. The van der Waals surface area contributed by atoms with Gasteiger partial charge in [-0.1, -0.05) is 19.1 Å². The van der Waals surface area contributed by atoms with Crippen LogP contribution >= 0.6 is 0 Å². The number of rotatable bonds is 4. The first-order chi connectivity index (χ1) is 7.65. The summed E-state index contributed by atoms with van der Waals surface area (Å²) in [6.07, 6.45) is 1.06. The van der Waals surface area contributed by atoms with Crippen LogP contribution in [-0.4, -0.2) is 30.6 Å². The zero-order chi connectivity index (χ0) is 11.6. The van der Waals surface area contributed by atoms with Crippen LogP contribution in [0.4, 0.5) is 0 Å². The Kier molecular flexibility index (Phi) is 3.17. The van der Waals surface area contributed by atoms with Crippen LogP contribution in [-0.2, 0) is 6.54 Å². The second-order valence-corrected chi connectivity index (χ2v) is 4.71. The molecule has 0 aromatic heterocycles. The van der Waals surface area contributed by atoms with E-state index in [1.165, 1.54) is 5.56 Å². The van der Waals surface area contributed by atoms with Crippen LogP contribution in [0.15, 0.2) is 24.3 Å². The van der Waals surface area contributed by atoms with Gasteiger partial charge in [0.25, 0.3) is 0 Å². The molecule has 3 heteroatoms. The van der Waals surface area contributed by atoms with E-state index >= 15 is 0 Å². The summed E-state index contributed by atoms with van der Waals surface area (Å²) in [4.78, 5) is 2.38. The average Bonchev–Trinajstić information content (AvgIpc) is 2.28. The van der Waals surface area contributed by atoms with Crippen molar-refractivity contribution in [3.05, 3.63) is 29.8 Å². The van der Waals surface area contributed by atoms with Gasteiger partial charge in [-0.05, 0) is 24.1 Å². The van der Waals surface area contributed by atoms with Gasteiger partial charge >= 0.3 is 0 Å². The van der Waals surface area contributed by atoms with Crippen molar-refractivity contribution in [2.24, 2.45) is 5.73 Å². The fraction of sp³-hybridized carbons (Fsp3) is 0.538. The Bertz CT molecular complexity index is 341. The van der Waals surface area contributed by atoms with Gasteiger partial charge in [0.15, 0.2) is 0 Å². The summed E-state index contributed by atoms with van der Waals surface area (Å²) in [5.74, 6) is 0.911. The minimum atomic E-state index is 0.0620. The Morgan fingerprint density at radius 3 is 2.44 bits per heavy atom. The van der Waals surface area contributed by atoms with Gasteiger partial charge in [0.2, 0.25) is 0 Å². The number of hydrogen-bond donors (Lipinski definition) is 1. The monoisotopic (exact) mass is 220 g/mol. The van der Waals surface area contributed by atoms with E-state index in [2.05, 4.69) is 24.0 Å². The molecule has 0 bridgehead atoms. The van der Waals surface area contributed by atoms with E-state index in [-0.39, 0.29) is 5.54 Å². The highest BCUT2D eigenvalue weighted by Crippen LogP contribution is 2.23. The van der Waals surface area contributed by atoms with Gasteiger partial charge in [-0.25, -0.2) is 0 Å². The molecule has 0 amide bonds. The van der Waals surface area contributed by atoms with Gasteiger partial charge < -0.3 is 10.5 Å². The Balaban J connectivity index is 1.87. The normalized spacial score (nSPS) is 19.2. The molecule has 2 N–H and O–H groups in total. The van der Waals surface area contributed by atoms with Crippen LogP contribution < -0.4 is 10.5 Å². The average molecular weight is 220 g/mol. The molecule has 1 aliphatic rings. The molecule has 16 heavy (non-hydrogen) atoms. The molecule has 1 heterocycles. The molecular formula is C13H20N2O. The molecular weight excluding hydrogens is 200 g/mol. The van der Waals surface area contributed by atoms with Crippen molar-refractivity contribution in [1.82, 2.24) is 4.90 Å². The van der Waals surface area contributed by atoms with E-state index in [1.54, 1.807) is 7.11 Å². The highest BCUT2D eigenvalue weighted by Gasteiger charge is 2.37. The highest BCUT2D eigenvalue weighted by atomic mass is 16.5. The van der Waals surface area contributed by atoms with Crippen LogP contribution in [0, 0.1) is 0 Å². The molecule has 0 spiro atoms. The van der Waals surface area contributed by atoms with Crippen molar-refractivity contribution in [3.8, 4) is 5.75 Å². The molecule has 1 aliphatic heterocycles. The summed E-state index contributed by atoms with van der Waals surface area (Å²) < 4.78 is 5.13. The molecule has 1 saturated heterocycles. The number of benzene rings is 1. The maximum Gasteiger partial charge on any atom is 0.118 e. The van der Waals surface area contributed by atoms with E-state index in [9.17, 15) is 0 Å². The molecule has 0 radical (unpaired) electrons. The third-order valence-corrected chi connectivity index (χ3v) is 3.35. The van der Waals surface area contributed by atoms with E-state index in [0.29, 0.717) is 0 Å². The summed E-state index contributed by atoms with van der Waals surface area (Å²) in [5.41, 5.74) is 7.51. The van der Waals surface area contributed by atoms with Crippen LogP contribution in [0.1, 0.15) is 18.9 Å². The first-order valence-electron chi connectivity index (χ1n) is 5.79. The zero-order valence-corrected chi connectivity index (χ0v) is 10.1. The number of nitrogens with zero attached hydrogens (tertiary/aromatic N) is 1. The van der Waals surface area contributed by atoms with Crippen LogP contribution in [0.25, 0.3) is 0 Å². The lowest BCUT2D eigenvalue weighted by atomic mass is 9.88. The van der Waals surface area contributed by atoms with Crippen molar-refractivity contribution in [2.45, 2.75) is 25.4 Å². The molecule has 1 fully saturated rings. The first kappa shape index (κ1) is 11.4. The third kappa shape index (κ3) is 2.36. The summed E-state index contributed by atoms with van der Waals surface area (Å²) in [6, 6.07) is 8.23. The summed E-state index contributed by atoms with van der Waals surface area (Å²) in [7, 11) is 1.69. The Hall–Kier alpha value is -1.06. The maximum atomic E-state index is 6.13. The van der Waals surface area contributed by atoms with Gasteiger partial charge in [-0.15, -0.1) is 0 Å². The van der Waals surface area contributed by atoms with E-state index in [1.807, 2.05) is 12.1 Å². The lowest BCUT2D eigenvalue weighted by Crippen LogP contribution is -2.66. The predicted octanol–water partition coefficient (Wildman–Crippen LogP) is 1.62. The quantitative estimate of drug-likeness (QED) is 0.838. The topological polar surface area (TPSA) is 38.5 Å². The molecule has 1 aromatic rings. The lowest BCUT2D eigenvalue weighted by Gasteiger charge is -2.47. The lowest BCUT2D eigenvalue weighted by molar-refractivity contribution is 0.0607. The van der Waals surface area contributed by atoms with Gasteiger partial charge in [-0.3, -0.25) is 4.90 Å². The largest absolute Gasteiger partial charge is 0.497 e. The summed E-state index contributed by atoms with van der Waals surface area (Å²) >= 11 is 0. The standard InChI is InChI=1S/C13H20N2O/c1-3-13(14)9-15(10-13)8-11-4-6-12(16-2)7-5-11/h4-7H,3,8-10,14H2,1-2H3. The highest BCUT2D eigenvalue weighted by molar-refractivity contribution is 5.27. The minimum Gasteiger partial charge on any atom is -0.497 e. The molecule has 1 aromatic carbocycles. The van der Waals surface area contributed by atoms with Crippen molar-refractivity contribution < 1.29 is 4.74 Å². The number of nitrogens with two attached hydrogens (primary N) is 1. The smallest absolute Gasteiger partial charge is 0.118 e. The van der Waals surface area contributed by atoms with Crippen LogP contribution in [0.2, 0.25) is 0 Å². The van der Waals surface area contributed by atoms with Crippen LogP contribution in [0.5, 0.6) is 5.75 Å². The van der Waals surface area contributed by atoms with Crippen LogP contribution in [0.3, 0.4) is 0 Å². The van der Waals surface area contributed by atoms with Crippen molar-refractivity contribution in [1.29, 1.82) is 0 Å². The molecule has 0 unspecified atom stereocenters. The fourth-order valence-corrected chi connectivity index (χ4v) is 2.17. The van der Waals surface area contributed by atoms with Gasteiger partial charge in [0.1, 0.15) is 5.75 Å². The second kappa shape index (κ2) is 4.44. The van der Waals surface area contributed by atoms with E-state index < -0.39 is 0 Å². The SMILES string of the molecule is CCC1(N)CN(Cc2ccc(OC)cc2)C1. The summed E-state index contributed by atoms with van der Waals surface area (Å²) in [6.45, 7) is 5.17. The zero-order valence-electron chi connectivity index (χ0n) is 10.1. The third-order valence-electron chi connectivity index (χ3n) is 3.35. The molecule has 88 valence electrons. The van der Waals surface area contributed by atoms with E-state index in [0.717, 1.165) is 31.8 Å². The fourth-order valence-electron chi connectivity index (χ4n) is 2.17. The number of methoxy groups -OCH3 is 1. The van der Waals surface area contributed by atoms with E-state index in [4.69, 9.17) is 10.5 Å². The molecule has 0 aliphatic carbocycles. The second-order valence-electron chi connectivity index (χ2n) is 4.71. The molecule has 3 nitrogen and oxygen atoms in total. The van der Waals surface area contributed by atoms with Gasteiger partial charge in [-0.2, -0.15) is 0 Å². The Morgan fingerprint density at radius 1 is 1.31 bits per heavy atom. The summed E-state index contributed by atoms with van der Waals surface area (Å²) in [5, 5.41) is 0. The van der Waals surface area contributed by atoms with Crippen molar-refractivity contribution >= 4 is 0 Å². The van der Waals surface area contributed by atoms with Crippen molar-refractivity contribution in [3.63, 3.8) is 0 Å². The van der Waals surface area contributed by atoms with Gasteiger partial charge in [0, 0.05) is 25.2 Å². The van der Waals surface area contributed by atoms with Crippen molar-refractivity contribution in [2.75, 3.05) is 20.2 Å². The van der Waals surface area contributed by atoms with Gasteiger partial charge in [0.05, 0.1) is 7.11 Å². The number of ether oxygens (including phenoxy) is 1. The Labute approximate surface area is 97.2 Å². The predicted molar refractivity (Wildman–Crippen MR) is 65.5 cm³/mol. The number of likely N-dealkylation sites (tertiary alicyclic amines) is 1. The molecule has 0 saturated carbocycles. The maximum absolute atomic E-state index is 6.13. The molecule has 0 atom stereocenters. The first-order valence-corrected chi connectivity index (χ1v) is 5.79. The molecule has 2 rings (SSSR count). The Morgan fingerprint density at radius 2 is 1.94 bits per heavy atom. The number of hydrogen-bond acceptors (Lipinski definition) is 3.